The maximum Gasteiger partial charge on any atom is 0.330 e. The van der Waals surface area contributed by atoms with Crippen LogP contribution >= 0.6 is 0 Å². The molecule has 1 rings (SSSR count). The van der Waals surface area contributed by atoms with Crippen LogP contribution in [0.2, 0.25) is 0 Å². The predicted octanol–water partition coefficient (Wildman–Crippen LogP) is 0.811. The maximum absolute atomic E-state index is 10.8. The third-order valence-electron chi connectivity index (χ3n) is 1.85. The first-order chi connectivity index (χ1) is 5.83. The fourth-order valence-electron chi connectivity index (χ4n) is 1.05. The smallest absolute Gasteiger partial charge is 0.330 e. The quantitative estimate of drug-likeness (QED) is 0.461. The number of hydrogen-bond acceptors (Lipinski definition) is 3. The van der Waals surface area contributed by atoms with Crippen LogP contribution in [-0.2, 0) is 9.53 Å². The molecule has 0 spiro atoms. The van der Waals surface area contributed by atoms with E-state index in [1.54, 1.807) is 6.92 Å². The van der Waals surface area contributed by atoms with Crippen molar-refractivity contribution in [3.8, 4) is 0 Å². The van der Waals surface area contributed by atoms with Gasteiger partial charge in [-0.3, -0.25) is 4.90 Å². The highest BCUT2D eigenvalue weighted by atomic mass is 16.5. The molecule has 0 radical (unpaired) electrons. The molecular formula is C9H15NO2. The van der Waals surface area contributed by atoms with Gasteiger partial charge in [0, 0.05) is 12.6 Å². The van der Waals surface area contributed by atoms with Crippen LogP contribution in [0.15, 0.2) is 12.2 Å². The van der Waals surface area contributed by atoms with E-state index in [1.807, 2.05) is 6.08 Å². The molecule has 1 saturated heterocycles. The summed E-state index contributed by atoms with van der Waals surface area (Å²) in [5.41, 5.74) is 0. The second kappa shape index (κ2) is 4.93. The summed E-state index contributed by atoms with van der Waals surface area (Å²) in [6, 6.07) is 0. The van der Waals surface area contributed by atoms with Gasteiger partial charge in [-0.05, 0) is 26.4 Å². The highest BCUT2D eigenvalue weighted by Crippen LogP contribution is 2.04. The fourth-order valence-corrected chi connectivity index (χ4v) is 1.05. The van der Waals surface area contributed by atoms with Crippen molar-refractivity contribution in [2.45, 2.75) is 13.3 Å². The van der Waals surface area contributed by atoms with Crippen LogP contribution < -0.4 is 0 Å². The number of carbonyl (C=O) groups is 1. The minimum absolute atomic E-state index is 0.238. The highest BCUT2D eigenvalue weighted by Gasteiger charge is 2.10. The maximum atomic E-state index is 10.8. The van der Waals surface area contributed by atoms with Gasteiger partial charge < -0.3 is 4.74 Å². The Hall–Kier alpha value is -0.830. The molecule has 0 saturated carbocycles. The van der Waals surface area contributed by atoms with Crippen molar-refractivity contribution >= 4 is 5.97 Å². The first-order valence-corrected chi connectivity index (χ1v) is 4.38. The topological polar surface area (TPSA) is 29.5 Å². The van der Waals surface area contributed by atoms with Crippen LogP contribution in [-0.4, -0.2) is 37.1 Å². The van der Waals surface area contributed by atoms with E-state index in [0.717, 1.165) is 19.6 Å². The molecule has 0 bridgehead atoms. The monoisotopic (exact) mass is 169 g/mol. The molecule has 1 heterocycles. The molecule has 3 nitrogen and oxygen atoms in total. The summed E-state index contributed by atoms with van der Waals surface area (Å²) in [7, 11) is 0. The molecule has 0 aromatic carbocycles. The normalized spacial score (nSPS) is 17.8. The summed E-state index contributed by atoms with van der Waals surface area (Å²) in [4.78, 5) is 13.1. The Bertz CT molecular complexity index is 173. The Kier molecular flexibility index (Phi) is 3.80. The van der Waals surface area contributed by atoms with Crippen molar-refractivity contribution < 1.29 is 9.53 Å². The fraction of sp³-hybridized carbons (Fsp3) is 0.667. The Morgan fingerprint density at radius 1 is 1.58 bits per heavy atom. The van der Waals surface area contributed by atoms with Crippen LogP contribution in [0.4, 0.5) is 0 Å². The van der Waals surface area contributed by atoms with Crippen molar-refractivity contribution in [1.82, 2.24) is 4.90 Å². The zero-order valence-corrected chi connectivity index (χ0v) is 7.45. The first-order valence-electron chi connectivity index (χ1n) is 4.38. The van der Waals surface area contributed by atoms with Crippen molar-refractivity contribution in [2.75, 3.05) is 26.2 Å². The molecule has 0 aromatic rings. The third-order valence-corrected chi connectivity index (χ3v) is 1.85. The molecule has 0 N–H and O–H groups in total. The molecule has 0 amide bonds. The molecule has 1 fully saturated rings. The second-order valence-corrected chi connectivity index (χ2v) is 2.81. The molecule has 0 aromatic heterocycles. The lowest BCUT2D eigenvalue weighted by Gasteiger charge is -2.29. The van der Waals surface area contributed by atoms with Crippen LogP contribution in [0, 0.1) is 0 Å². The number of esters is 1. The van der Waals surface area contributed by atoms with Crippen LogP contribution in [0.1, 0.15) is 13.3 Å². The number of likely N-dealkylation sites (tertiary alicyclic amines) is 1. The van der Waals surface area contributed by atoms with Gasteiger partial charge in [0.15, 0.2) is 0 Å². The number of nitrogens with zero attached hydrogens (tertiary/aromatic N) is 1. The largest absolute Gasteiger partial charge is 0.463 e. The van der Waals surface area contributed by atoms with Gasteiger partial charge in [-0.15, -0.1) is 0 Å². The number of carbonyl (C=O) groups excluding carboxylic acids is 1. The van der Waals surface area contributed by atoms with E-state index < -0.39 is 0 Å². The molecule has 1 aliphatic heterocycles. The minimum atomic E-state index is -0.238. The van der Waals surface area contributed by atoms with Gasteiger partial charge in [0.25, 0.3) is 0 Å². The molecule has 68 valence electrons. The SMILES string of the molecule is CCOC(=O)/C=C/CN1CCC1. The van der Waals surface area contributed by atoms with E-state index in [9.17, 15) is 4.79 Å². The third kappa shape index (κ3) is 3.05. The van der Waals surface area contributed by atoms with Crippen molar-refractivity contribution in [3.63, 3.8) is 0 Å². The average Bonchev–Trinajstić information content (AvgIpc) is 1.95. The summed E-state index contributed by atoms with van der Waals surface area (Å²) in [6.45, 7) is 5.45. The van der Waals surface area contributed by atoms with Gasteiger partial charge in [0.1, 0.15) is 0 Å². The van der Waals surface area contributed by atoms with Crippen molar-refractivity contribution in [1.29, 1.82) is 0 Å². The van der Waals surface area contributed by atoms with Gasteiger partial charge in [0.05, 0.1) is 6.61 Å². The lowest BCUT2D eigenvalue weighted by molar-refractivity contribution is -0.137. The standard InChI is InChI=1S/C9H15NO2/c1-2-12-9(11)5-3-6-10-7-4-8-10/h3,5H,2,4,6-8H2,1H3/b5-3+. The van der Waals surface area contributed by atoms with Gasteiger partial charge in [-0.25, -0.2) is 4.79 Å². The van der Waals surface area contributed by atoms with Crippen molar-refractivity contribution in [3.05, 3.63) is 12.2 Å². The molecular weight excluding hydrogens is 154 g/mol. The van der Waals surface area contributed by atoms with Gasteiger partial charge in [-0.2, -0.15) is 0 Å². The lowest BCUT2D eigenvalue weighted by Crippen LogP contribution is -2.36. The van der Waals surface area contributed by atoms with Crippen LogP contribution in [0.5, 0.6) is 0 Å². The Morgan fingerprint density at radius 2 is 2.33 bits per heavy atom. The summed E-state index contributed by atoms with van der Waals surface area (Å²) >= 11 is 0. The Morgan fingerprint density at radius 3 is 2.83 bits per heavy atom. The minimum Gasteiger partial charge on any atom is -0.463 e. The predicted molar refractivity (Wildman–Crippen MR) is 46.8 cm³/mol. The highest BCUT2D eigenvalue weighted by molar-refractivity contribution is 5.81. The van der Waals surface area contributed by atoms with Gasteiger partial charge >= 0.3 is 5.97 Å². The molecule has 0 unspecified atom stereocenters. The molecule has 12 heavy (non-hydrogen) atoms. The van der Waals surface area contributed by atoms with E-state index in [1.165, 1.54) is 12.5 Å². The van der Waals surface area contributed by atoms with E-state index in [0.29, 0.717) is 6.61 Å². The van der Waals surface area contributed by atoms with Gasteiger partial charge in [0.2, 0.25) is 0 Å². The van der Waals surface area contributed by atoms with E-state index in [2.05, 4.69) is 4.90 Å². The molecule has 0 aliphatic carbocycles. The first kappa shape index (κ1) is 9.26. The molecule has 1 aliphatic rings. The number of hydrogen-bond donors (Lipinski definition) is 0. The summed E-state index contributed by atoms with van der Waals surface area (Å²) in [6.07, 6.45) is 4.65. The summed E-state index contributed by atoms with van der Waals surface area (Å²) < 4.78 is 4.73. The van der Waals surface area contributed by atoms with E-state index in [4.69, 9.17) is 4.74 Å². The van der Waals surface area contributed by atoms with Crippen LogP contribution in [0.3, 0.4) is 0 Å². The number of rotatable bonds is 4. The van der Waals surface area contributed by atoms with Crippen molar-refractivity contribution in [2.24, 2.45) is 0 Å². The molecule has 0 atom stereocenters. The Balaban J connectivity index is 2.07. The average molecular weight is 169 g/mol. The van der Waals surface area contributed by atoms with Gasteiger partial charge in [-0.1, -0.05) is 6.08 Å². The Labute approximate surface area is 73.0 Å². The molecule has 3 heteroatoms. The van der Waals surface area contributed by atoms with E-state index in [-0.39, 0.29) is 5.97 Å². The zero-order valence-electron chi connectivity index (χ0n) is 7.45. The summed E-state index contributed by atoms with van der Waals surface area (Å²) in [5, 5.41) is 0. The lowest BCUT2D eigenvalue weighted by atomic mass is 10.2. The zero-order chi connectivity index (χ0) is 8.81. The second-order valence-electron chi connectivity index (χ2n) is 2.81. The van der Waals surface area contributed by atoms with Crippen LogP contribution in [0.25, 0.3) is 0 Å². The summed E-state index contributed by atoms with van der Waals surface area (Å²) in [5.74, 6) is -0.238. The van der Waals surface area contributed by atoms with E-state index >= 15 is 0 Å². The number of ether oxygens (including phenoxy) is 1.